The summed E-state index contributed by atoms with van der Waals surface area (Å²) < 4.78 is 5.16. The van der Waals surface area contributed by atoms with Gasteiger partial charge in [-0.25, -0.2) is 4.79 Å². The van der Waals surface area contributed by atoms with E-state index in [2.05, 4.69) is 0 Å². The molecule has 0 aliphatic rings. The first kappa shape index (κ1) is 17.7. The molecule has 6 heteroatoms. The van der Waals surface area contributed by atoms with Crippen LogP contribution in [0, 0.1) is 0 Å². The number of carbonyl (C=O) groups excluding carboxylic acids is 1. The van der Waals surface area contributed by atoms with Crippen molar-refractivity contribution in [1.29, 1.82) is 0 Å². The number of anilines is 1. The van der Waals surface area contributed by atoms with Crippen LogP contribution in [0.4, 0.5) is 5.69 Å². The Morgan fingerprint density at radius 3 is 2.38 bits per heavy atom. The Balaban J connectivity index is 2.02. The lowest BCUT2D eigenvalue weighted by atomic mass is 10.1. The zero-order valence-electron chi connectivity index (χ0n) is 14.1. The van der Waals surface area contributed by atoms with Crippen LogP contribution in [-0.2, 0) is 6.54 Å². The number of amides is 1. The molecule has 3 aromatic rings. The van der Waals surface area contributed by atoms with Gasteiger partial charge in [-0.3, -0.25) is 4.79 Å². The van der Waals surface area contributed by atoms with Crippen molar-refractivity contribution < 1.29 is 19.4 Å². The smallest absolute Gasteiger partial charge is 0.337 e. The summed E-state index contributed by atoms with van der Waals surface area (Å²) >= 11 is 1.33. The summed E-state index contributed by atoms with van der Waals surface area (Å²) in [4.78, 5) is 26.7. The lowest BCUT2D eigenvalue weighted by molar-refractivity contribution is 0.0697. The Bertz CT molecular complexity index is 904. The second-order valence-electron chi connectivity index (χ2n) is 5.54. The third-order valence-corrected chi connectivity index (χ3v) is 4.76. The van der Waals surface area contributed by atoms with E-state index in [1.807, 2.05) is 29.6 Å². The molecular formula is C20H17NO4S. The van der Waals surface area contributed by atoms with Crippen molar-refractivity contribution in [3.63, 3.8) is 0 Å². The molecule has 1 amide bonds. The lowest BCUT2D eigenvalue weighted by Gasteiger charge is -2.24. The summed E-state index contributed by atoms with van der Waals surface area (Å²) in [6, 6.07) is 17.4. The lowest BCUT2D eigenvalue weighted by Crippen LogP contribution is -2.31. The largest absolute Gasteiger partial charge is 0.497 e. The fraction of sp³-hybridized carbons (Fsp3) is 0.100. The van der Waals surface area contributed by atoms with Crippen molar-refractivity contribution in [1.82, 2.24) is 0 Å². The highest BCUT2D eigenvalue weighted by atomic mass is 32.1. The topological polar surface area (TPSA) is 66.8 Å². The van der Waals surface area contributed by atoms with Crippen LogP contribution in [0.5, 0.6) is 5.75 Å². The highest BCUT2D eigenvalue weighted by Gasteiger charge is 2.23. The Morgan fingerprint density at radius 2 is 1.77 bits per heavy atom. The van der Waals surface area contributed by atoms with Crippen molar-refractivity contribution in [3.8, 4) is 5.75 Å². The standard InChI is InChI=1S/C20H17NO4S/c1-25-15-10-8-14(9-11-15)13-21(19(22)18-7-4-12-26-18)17-6-3-2-5-16(17)20(23)24/h2-12H,13H2,1H3,(H,23,24). The van der Waals surface area contributed by atoms with Gasteiger partial charge in [-0.15, -0.1) is 11.3 Å². The fourth-order valence-electron chi connectivity index (χ4n) is 2.60. The molecule has 5 nitrogen and oxygen atoms in total. The summed E-state index contributed by atoms with van der Waals surface area (Å²) in [7, 11) is 1.59. The Morgan fingerprint density at radius 1 is 1.04 bits per heavy atom. The molecule has 0 unspecified atom stereocenters. The van der Waals surface area contributed by atoms with Crippen LogP contribution in [0.2, 0.25) is 0 Å². The zero-order valence-corrected chi connectivity index (χ0v) is 14.9. The number of aromatic carboxylic acids is 1. The molecular weight excluding hydrogens is 350 g/mol. The van der Waals surface area contributed by atoms with Gasteiger partial charge in [0.05, 0.1) is 29.8 Å². The molecule has 132 valence electrons. The number of hydrogen-bond acceptors (Lipinski definition) is 4. The fourth-order valence-corrected chi connectivity index (χ4v) is 3.27. The minimum atomic E-state index is -1.07. The molecule has 0 radical (unpaired) electrons. The molecule has 3 rings (SSSR count). The number of carbonyl (C=O) groups is 2. The summed E-state index contributed by atoms with van der Waals surface area (Å²) in [6.45, 7) is 0.255. The molecule has 0 aliphatic carbocycles. The van der Waals surface area contributed by atoms with E-state index in [1.54, 1.807) is 37.4 Å². The van der Waals surface area contributed by atoms with Crippen LogP contribution in [0.15, 0.2) is 66.0 Å². The zero-order chi connectivity index (χ0) is 18.5. The molecule has 2 aromatic carbocycles. The Hall–Kier alpha value is -3.12. The van der Waals surface area contributed by atoms with E-state index in [1.165, 1.54) is 22.3 Å². The maximum Gasteiger partial charge on any atom is 0.337 e. The highest BCUT2D eigenvalue weighted by molar-refractivity contribution is 7.12. The normalized spacial score (nSPS) is 10.3. The van der Waals surface area contributed by atoms with Crippen molar-refractivity contribution in [2.75, 3.05) is 12.0 Å². The predicted octanol–water partition coefficient (Wildman–Crippen LogP) is 4.30. The number of para-hydroxylation sites is 1. The van der Waals surface area contributed by atoms with E-state index in [0.29, 0.717) is 10.6 Å². The van der Waals surface area contributed by atoms with Crippen molar-refractivity contribution in [2.45, 2.75) is 6.54 Å². The van der Waals surface area contributed by atoms with Gasteiger partial charge >= 0.3 is 5.97 Å². The van der Waals surface area contributed by atoms with Gasteiger partial charge < -0.3 is 14.7 Å². The van der Waals surface area contributed by atoms with Crippen molar-refractivity contribution >= 4 is 28.9 Å². The minimum absolute atomic E-state index is 0.0888. The monoisotopic (exact) mass is 367 g/mol. The average molecular weight is 367 g/mol. The van der Waals surface area contributed by atoms with E-state index >= 15 is 0 Å². The molecule has 1 N–H and O–H groups in total. The molecule has 0 bridgehead atoms. The number of carboxylic acid groups (broad SMARTS) is 1. The second kappa shape index (κ2) is 7.84. The summed E-state index contributed by atoms with van der Waals surface area (Å²) in [5, 5.41) is 11.3. The van der Waals surface area contributed by atoms with Gasteiger partial charge in [-0.1, -0.05) is 30.3 Å². The maximum absolute atomic E-state index is 13.0. The van der Waals surface area contributed by atoms with Crippen molar-refractivity contribution in [2.24, 2.45) is 0 Å². The van der Waals surface area contributed by atoms with E-state index in [-0.39, 0.29) is 18.0 Å². The van der Waals surface area contributed by atoms with Gasteiger partial charge in [-0.2, -0.15) is 0 Å². The number of hydrogen-bond donors (Lipinski definition) is 1. The Kier molecular flexibility index (Phi) is 5.34. The number of methoxy groups -OCH3 is 1. The quantitative estimate of drug-likeness (QED) is 0.705. The number of benzene rings is 2. The molecule has 1 aromatic heterocycles. The van der Waals surface area contributed by atoms with E-state index in [0.717, 1.165) is 11.3 Å². The highest BCUT2D eigenvalue weighted by Crippen LogP contribution is 2.26. The number of rotatable bonds is 6. The molecule has 0 atom stereocenters. The van der Waals surface area contributed by atoms with Crippen LogP contribution in [0.25, 0.3) is 0 Å². The van der Waals surface area contributed by atoms with Gasteiger partial charge in [0.15, 0.2) is 0 Å². The maximum atomic E-state index is 13.0. The number of thiophene rings is 1. The SMILES string of the molecule is COc1ccc(CN(C(=O)c2cccs2)c2ccccc2C(=O)O)cc1. The van der Waals surface area contributed by atoms with E-state index < -0.39 is 5.97 Å². The average Bonchev–Trinajstić information content (AvgIpc) is 3.21. The molecule has 26 heavy (non-hydrogen) atoms. The second-order valence-corrected chi connectivity index (χ2v) is 6.49. The van der Waals surface area contributed by atoms with Gasteiger partial charge in [0.1, 0.15) is 5.75 Å². The van der Waals surface area contributed by atoms with Crippen LogP contribution in [-0.4, -0.2) is 24.1 Å². The third kappa shape index (κ3) is 3.75. The first-order valence-corrected chi connectivity index (χ1v) is 8.78. The number of carboxylic acids is 1. The first-order valence-electron chi connectivity index (χ1n) is 7.91. The number of nitrogens with zero attached hydrogens (tertiary/aromatic N) is 1. The van der Waals surface area contributed by atoms with Crippen LogP contribution in [0.3, 0.4) is 0 Å². The molecule has 0 aliphatic heterocycles. The minimum Gasteiger partial charge on any atom is -0.497 e. The van der Waals surface area contributed by atoms with Gasteiger partial charge in [0.2, 0.25) is 0 Å². The first-order chi connectivity index (χ1) is 12.6. The third-order valence-electron chi connectivity index (χ3n) is 3.90. The van der Waals surface area contributed by atoms with Gasteiger partial charge in [-0.05, 0) is 41.3 Å². The van der Waals surface area contributed by atoms with Crippen LogP contribution >= 0.6 is 11.3 Å². The predicted molar refractivity (Wildman–Crippen MR) is 101 cm³/mol. The summed E-state index contributed by atoms with van der Waals surface area (Å²) in [5.74, 6) is -0.584. The molecule has 0 saturated heterocycles. The molecule has 0 saturated carbocycles. The van der Waals surface area contributed by atoms with E-state index in [4.69, 9.17) is 4.74 Å². The van der Waals surface area contributed by atoms with Crippen molar-refractivity contribution in [3.05, 3.63) is 82.0 Å². The Labute approximate surface area is 155 Å². The molecule has 0 spiro atoms. The van der Waals surface area contributed by atoms with Crippen LogP contribution < -0.4 is 9.64 Å². The number of ether oxygens (including phenoxy) is 1. The summed E-state index contributed by atoms with van der Waals surface area (Å²) in [5.41, 5.74) is 1.33. The van der Waals surface area contributed by atoms with E-state index in [9.17, 15) is 14.7 Å². The van der Waals surface area contributed by atoms with Crippen LogP contribution in [0.1, 0.15) is 25.6 Å². The molecule has 1 heterocycles. The molecule has 0 fully saturated rings. The van der Waals surface area contributed by atoms with Gasteiger partial charge in [0.25, 0.3) is 5.91 Å². The summed E-state index contributed by atoms with van der Waals surface area (Å²) in [6.07, 6.45) is 0. The van der Waals surface area contributed by atoms with Gasteiger partial charge in [0, 0.05) is 0 Å².